The van der Waals surface area contributed by atoms with E-state index >= 15 is 0 Å². The molecule has 3 atom stereocenters. The van der Waals surface area contributed by atoms with Crippen molar-refractivity contribution in [3.63, 3.8) is 0 Å². The van der Waals surface area contributed by atoms with E-state index in [9.17, 15) is 98.5 Å². The van der Waals surface area contributed by atoms with Crippen LogP contribution in [-0.2, 0) is 51.4 Å². The first-order valence-electron chi connectivity index (χ1n) is 20.0. The third kappa shape index (κ3) is 17.4. The Morgan fingerprint density at radius 2 is 0.662 bits per heavy atom. The van der Waals surface area contributed by atoms with E-state index in [-0.39, 0.29) is 40.2 Å². The Labute approximate surface area is 409 Å². The van der Waals surface area contributed by atoms with E-state index in [1.807, 2.05) is 0 Å². The van der Waals surface area contributed by atoms with Gasteiger partial charge in [0, 0.05) is 16.7 Å². The Balaban J connectivity index is 0.000000240. The molecule has 0 aliphatic carbocycles. The number of carbonyl (C=O) groups is 3. The monoisotopic (exact) mass is 1090 g/mol. The fourth-order valence-corrected chi connectivity index (χ4v) is 6.09. The molecular weight excluding hydrogens is 1070 g/mol. The lowest BCUT2D eigenvalue weighted by molar-refractivity contribution is -0.146. The molecule has 6 aromatic rings. The smallest absolute Gasteiger partial charge is 0.416 e. The topological polar surface area (TPSA) is 99.1 Å². The molecule has 26 heteroatoms. The van der Waals surface area contributed by atoms with E-state index in [1.54, 1.807) is 0 Å². The van der Waals surface area contributed by atoms with Crippen LogP contribution in [-0.4, -0.2) is 22.6 Å². The van der Waals surface area contributed by atoms with Crippen molar-refractivity contribution >= 4 is 29.1 Å². The number of carboxylic acids is 1. The fourth-order valence-electron chi connectivity index (χ4n) is 5.92. The second kappa shape index (κ2) is 23.6. The SMILES string of the molecule is O=C(Cl)C(Oc1ccc(C(F)(F)F)cc1)c1cccc(C(F)(F)F)c1.O=C(O)C(Oc1ccc(C(F)(F)F)cc1)c1cccc(C(F)(F)F)c1.O=CC(Oc1ccc(C(F)(F)F)cc1)c1cccc(C(F)(F)F)c1. The fraction of sp³-hybridized carbons (Fsp3) is 0.188. The van der Waals surface area contributed by atoms with Gasteiger partial charge in [-0.15, -0.1) is 0 Å². The Kier molecular flexibility index (Phi) is 18.9. The van der Waals surface area contributed by atoms with Gasteiger partial charge in [-0.25, -0.2) is 4.79 Å². The van der Waals surface area contributed by atoms with Gasteiger partial charge in [-0.1, -0.05) is 36.4 Å². The van der Waals surface area contributed by atoms with E-state index in [4.69, 9.17) is 25.8 Å². The van der Waals surface area contributed by atoms with Crippen molar-refractivity contribution in [3.8, 4) is 17.2 Å². The number of hydrogen-bond donors (Lipinski definition) is 1. The molecule has 1 N–H and O–H groups in total. The van der Waals surface area contributed by atoms with Gasteiger partial charge in [0.25, 0.3) is 5.24 Å². The molecule has 0 radical (unpaired) electrons. The van der Waals surface area contributed by atoms with E-state index in [1.165, 1.54) is 12.1 Å². The predicted octanol–water partition coefficient (Wildman–Crippen LogP) is 15.6. The number of carbonyl (C=O) groups excluding carboxylic acids is 2. The number of aldehydes is 1. The number of benzene rings is 6. The number of hydrogen-bond acceptors (Lipinski definition) is 6. The quantitative estimate of drug-likeness (QED) is 0.0740. The molecule has 0 bridgehead atoms. The van der Waals surface area contributed by atoms with Gasteiger partial charge in [0.15, 0.2) is 18.5 Å². The summed E-state index contributed by atoms with van der Waals surface area (Å²) in [5, 5.41) is 8.07. The summed E-state index contributed by atoms with van der Waals surface area (Å²) in [5.74, 6) is -2.03. The van der Waals surface area contributed by atoms with Crippen LogP contribution in [0.4, 0.5) is 79.0 Å². The number of alkyl halides is 18. The first-order chi connectivity index (χ1) is 34.1. The van der Waals surface area contributed by atoms with Crippen LogP contribution in [0.15, 0.2) is 146 Å². The summed E-state index contributed by atoms with van der Waals surface area (Å²) in [7, 11) is 0. The minimum absolute atomic E-state index is 0.0558. The summed E-state index contributed by atoms with van der Waals surface area (Å²) in [6.07, 6.45) is -32.1. The summed E-state index contributed by atoms with van der Waals surface area (Å²) in [6.45, 7) is 0. The molecule has 0 aliphatic rings. The summed E-state index contributed by atoms with van der Waals surface area (Å²) < 4.78 is 242. The van der Waals surface area contributed by atoms with Gasteiger partial charge in [-0.3, -0.25) is 9.59 Å². The van der Waals surface area contributed by atoms with Crippen LogP contribution in [0.25, 0.3) is 0 Å². The lowest BCUT2D eigenvalue weighted by Gasteiger charge is -2.17. The van der Waals surface area contributed by atoms with Gasteiger partial charge >= 0.3 is 43.0 Å². The highest BCUT2D eigenvalue weighted by molar-refractivity contribution is 6.64. The molecule has 7 nitrogen and oxygen atoms in total. The summed E-state index contributed by atoms with van der Waals surface area (Å²) in [6, 6.07) is 21.2. The van der Waals surface area contributed by atoms with E-state index in [2.05, 4.69) is 0 Å². The Bertz CT molecular complexity index is 2690. The van der Waals surface area contributed by atoms with Crippen molar-refractivity contribution in [1.82, 2.24) is 0 Å². The molecule has 74 heavy (non-hydrogen) atoms. The highest BCUT2D eigenvalue weighted by Crippen LogP contribution is 2.38. The highest BCUT2D eigenvalue weighted by atomic mass is 35.5. The molecule has 0 saturated heterocycles. The van der Waals surface area contributed by atoms with Crippen LogP contribution in [0, 0.1) is 0 Å². The molecule has 6 aromatic carbocycles. The molecule has 0 amide bonds. The second-order valence-electron chi connectivity index (χ2n) is 14.7. The normalized spacial score (nSPS) is 13.4. The predicted molar refractivity (Wildman–Crippen MR) is 223 cm³/mol. The second-order valence-corrected chi connectivity index (χ2v) is 15.1. The van der Waals surface area contributed by atoms with Gasteiger partial charge in [-0.05, 0) is 121 Å². The average Bonchev–Trinajstić information content (AvgIpc) is 3.31. The number of carboxylic acid groups (broad SMARTS) is 1. The Morgan fingerprint density at radius 1 is 0.392 bits per heavy atom. The first kappa shape index (κ1) is 59.1. The van der Waals surface area contributed by atoms with E-state index in [0.717, 1.165) is 109 Å². The number of aliphatic carboxylic acids is 1. The van der Waals surface area contributed by atoms with Gasteiger partial charge in [0.2, 0.25) is 6.10 Å². The Morgan fingerprint density at radius 3 is 0.946 bits per heavy atom. The van der Waals surface area contributed by atoms with Gasteiger partial charge in [0.1, 0.15) is 17.2 Å². The molecular formula is C48H29ClF18O7. The molecule has 0 spiro atoms. The van der Waals surface area contributed by atoms with Crippen molar-refractivity contribution in [3.05, 3.63) is 196 Å². The lowest BCUT2D eigenvalue weighted by atomic mass is 10.1. The molecule has 0 aromatic heterocycles. The van der Waals surface area contributed by atoms with Crippen molar-refractivity contribution in [1.29, 1.82) is 0 Å². The van der Waals surface area contributed by atoms with Crippen molar-refractivity contribution < 1.29 is 113 Å². The van der Waals surface area contributed by atoms with Gasteiger partial charge in [0.05, 0.1) is 33.4 Å². The van der Waals surface area contributed by atoms with Gasteiger partial charge < -0.3 is 19.3 Å². The maximum Gasteiger partial charge on any atom is 0.416 e. The number of halogens is 19. The lowest BCUT2D eigenvalue weighted by Crippen LogP contribution is -2.19. The molecule has 0 aliphatic heterocycles. The van der Waals surface area contributed by atoms with E-state index < -0.39 is 100.0 Å². The minimum Gasteiger partial charge on any atom is -0.478 e. The zero-order valence-corrected chi connectivity index (χ0v) is 37.0. The standard InChI is InChI=1S/C16H9ClF6O2.C16H10F6O3.C16H10F6O2/c17-14(24)13(9-2-1-3-11(8-9)16(21,22)23)25-12-6-4-10(5-7-12)15(18,19)20;17-15(18,19)10-4-6-12(7-5-10)25-13(14(23)24)9-2-1-3-11(8-9)16(20,21)22;17-15(18,19)11-4-6-13(7-5-11)24-14(9-23)10-2-1-3-12(8-10)16(20,21)22/h1-8,13H;1-8,13H,(H,23,24);1-9,14H. The summed E-state index contributed by atoms with van der Waals surface area (Å²) in [5.41, 5.74) is -6.36. The zero-order chi connectivity index (χ0) is 55.6. The van der Waals surface area contributed by atoms with Crippen LogP contribution in [0.5, 0.6) is 17.2 Å². The van der Waals surface area contributed by atoms with Gasteiger partial charge in [-0.2, -0.15) is 79.0 Å². The van der Waals surface area contributed by atoms with Crippen molar-refractivity contribution in [2.75, 3.05) is 0 Å². The Hall–Kier alpha value is -7.44. The van der Waals surface area contributed by atoms with Crippen LogP contribution in [0.3, 0.4) is 0 Å². The summed E-state index contributed by atoms with van der Waals surface area (Å²) in [4.78, 5) is 33.9. The largest absolute Gasteiger partial charge is 0.478 e. The zero-order valence-electron chi connectivity index (χ0n) is 36.2. The molecule has 0 saturated carbocycles. The van der Waals surface area contributed by atoms with E-state index in [0.29, 0.717) is 24.3 Å². The minimum atomic E-state index is -4.67. The molecule has 0 fully saturated rings. The maximum atomic E-state index is 12.8. The van der Waals surface area contributed by atoms with Crippen LogP contribution in [0.2, 0.25) is 0 Å². The van der Waals surface area contributed by atoms with Crippen LogP contribution in [0.1, 0.15) is 68.4 Å². The number of ether oxygens (including phenoxy) is 3. The molecule has 3 unspecified atom stereocenters. The summed E-state index contributed by atoms with van der Waals surface area (Å²) >= 11 is 5.37. The maximum absolute atomic E-state index is 12.8. The third-order valence-electron chi connectivity index (χ3n) is 9.45. The highest BCUT2D eigenvalue weighted by Gasteiger charge is 2.36. The third-order valence-corrected chi connectivity index (χ3v) is 9.64. The van der Waals surface area contributed by atoms with Crippen LogP contribution < -0.4 is 14.2 Å². The van der Waals surface area contributed by atoms with Crippen molar-refractivity contribution in [2.45, 2.75) is 55.4 Å². The number of rotatable bonds is 12. The van der Waals surface area contributed by atoms with Crippen LogP contribution >= 0.6 is 11.6 Å². The average molecular weight is 1100 g/mol. The molecule has 6 rings (SSSR count). The molecule has 0 heterocycles. The van der Waals surface area contributed by atoms with Crippen molar-refractivity contribution in [2.24, 2.45) is 0 Å². The molecule has 396 valence electrons. The first-order valence-corrected chi connectivity index (χ1v) is 20.4.